The van der Waals surface area contributed by atoms with Crippen LogP contribution in [-0.4, -0.2) is 39.4 Å². The molecule has 102 valence electrons. The van der Waals surface area contributed by atoms with Gasteiger partial charge in [0.15, 0.2) is 0 Å². The van der Waals surface area contributed by atoms with Crippen LogP contribution in [0.15, 0.2) is 18.5 Å². The van der Waals surface area contributed by atoms with Crippen LogP contribution in [-0.2, 0) is 0 Å². The molecule has 3 heterocycles. The monoisotopic (exact) mass is 291 g/mol. The van der Waals surface area contributed by atoms with E-state index in [9.17, 15) is 0 Å². The molecule has 7 nitrogen and oxygen atoms in total. The van der Waals surface area contributed by atoms with E-state index < -0.39 is 0 Å². The van der Waals surface area contributed by atoms with Crippen molar-refractivity contribution in [2.75, 3.05) is 14.2 Å². The maximum Gasteiger partial charge on any atom is 0.319 e. The molecule has 0 aromatic carbocycles. The molecule has 0 radical (unpaired) electrons. The minimum absolute atomic E-state index is 0.225. The molecule has 0 aliphatic carbocycles. The van der Waals surface area contributed by atoms with E-state index in [0.29, 0.717) is 27.7 Å². The number of halogens is 1. The maximum atomic E-state index is 5.97. The van der Waals surface area contributed by atoms with E-state index in [4.69, 9.17) is 21.1 Å². The molecule has 0 saturated heterocycles. The number of aromatic amines is 1. The summed E-state index contributed by atoms with van der Waals surface area (Å²) in [4.78, 5) is 11.2. The van der Waals surface area contributed by atoms with Crippen molar-refractivity contribution in [3.63, 3.8) is 0 Å². The molecule has 0 amide bonds. The summed E-state index contributed by atoms with van der Waals surface area (Å²) in [6.07, 6.45) is 3.23. The van der Waals surface area contributed by atoms with Crippen molar-refractivity contribution >= 4 is 22.6 Å². The van der Waals surface area contributed by atoms with Gasteiger partial charge in [0.2, 0.25) is 5.88 Å². The minimum atomic E-state index is 0.225. The predicted molar refractivity (Wildman–Crippen MR) is 73.0 cm³/mol. The third kappa shape index (κ3) is 2.01. The number of rotatable bonds is 3. The summed E-state index contributed by atoms with van der Waals surface area (Å²) in [6.45, 7) is 0. The van der Waals surface area contributed by atoms with Crippen LogP contribution in [0.5, 0.6) is 11.9 Å². The van der Waals surface area contributed by atoms with E-state index in [1.165, 1.54) is 14.2 Å². The fourth-order valence-corrected chi connectivity index (χ4v) is 1.99. The highest BCUT2D eigenvalue weighted by Crippen LogP contribution is 2.29. The average molecular weight is 292 g/mol. The van der Waals surface area contributed by atoms with Crippen LogP contribution < -0.4 is 9.47 Å². The summed E-state index contributed by atoms with van der Waals surface area (Å²) in [5, 5.41) is 8.72. The highest BCUT2D eigenvalue weighted by Gasteiger charge is 2.14. The van der Waals surface area contributed by atoms with Gasteiger partial charge in [0.1, 0.15) is 11.2 Å². The van der Waals surface area contributed by atoms with Gasteiger partial charge in [0.25, 0.3) is 0 Å². The fourth-order valence-electron chi connectivity index (χ4n) is 1.80. The Bertz CT molecular complexity index is 774. The number of fused-ring (bicyclic) bond motifs is 1. The quantitative estimate of drug-likeness (QED) is 0.795. The molecule has 3 aromatic rings. The second-order valence-electron chi connectivity index (χ2n) is 3.91. The molecule has 0 saturated carbocycles. The zero-order valence-electron chi connectivity index (χ0n) is 10.7. The molecule has 0 fully saturated rings. The fraction of sp³-hybridized carbons (Fsp3) is 0.167. The SMILES string of the molecule is COc1ncc(-c2cc3[nH]cc(Cl)c3nn2)c(OC)n1. The minimum Gasteiger partial charge on any atom is -0.480 e. The van der Waals surface area contributed by atoms with Gasteiger partial charge >= 0.3 is 6.01 Å². The first-order valence-corrected chi connectivity index (χ1v) is 6.06. The molecule has 0 atom stereocenters. The van der Waals surface area contributed by atoms with Gasteiger partial charge in [0, 0.05) is 12.4 Å². The first kappa shape index (κ1) is 12.6. The number of ether oxygens (including phenoxy) is 2. The molecule has 0 aliphatic heterocycles. The van der Waals surface area contributed by atoms with E-state index in [1.807, 2.05) is 6.07 Å². The summed E-state index contributed by atoms with van der Waals surface area (Å²) in [7, 11) is 3.00. The van der Waals surface area contributed by atoms with Crippen molar-refractivity contribution in [3.05, 3.63) is 23.5 Å². The molecule has 0 aliphatic rings. The predicted octanol–water partition coefficient (Wildman–Crippen LogP) is 2.09. The Labute approximate surface area is 118 Å². The average Bonchev–Trinajstić information content (AvgIpc) is 2.87. The first-order valence-electron chi connectivity index (χ1n) is 5.68. The zero-order chi connectivity index (χ0) is 14.1. The Morgan fingerprint density at radius 1 is 1.20 bits per heavy atom. The lowest BCUT2D eigenvalue weighted by atomic mass is 10.2. The maximum absolute atomic E-state index is 5.97. The lowest BCUT2D eigenvalue weighted by molar-refractivity contribution is 0.353. The Kier molecular flexibility index (Phi) is 3.11. The van der Waals surface area contributed by atoms with E-state index in [0.717, 1.165) is 5.52 Å². The molecule has 8 heteroatoms. The van der Waals surface area contributed by atoms with Crippen molar-refractivity contribution in [2.24, 2.45) is 0 Å². The largest absolute Gasteiger partial charge is 0.480 e. The zero-order valence-corrected chi connectivity index (χ0v) is 11.5. The van der Waals surface area contributed by atoms with Crippen molar-refractivity contribution in [1.82, 2.24) is 25.1 Å². The summed E-state index contributed by atoms with van der Waals surface area (Å²) in [6, 6.07) is 2.03. The smallest absolute Gasteiger partial charge is 0.319 e. The number of nitrogens with zero attached hydrogens (tertiary/aromatic N) is 4. The lowest BCUT2D eigenvalue weighted by Crippen LogP contribution is -1.99. The van der Waals surface area contributed by atoms with Crippen molar-refractivity contribution in [3.8, 4) is 23.1 Å². The van der Waals surface area contributed by atoms with Gasteiger partial charge in [-0.3, -0.25) is 0 Å². The molecule has 0 unspecified atom stereocenters. The lowest BCUT2D eigenvalue weighted by Gasteiger charge is -2.07. The van der Waals surface area contributed by atoms with E-state index in [1.54, 1.807) is 12.4 Å². The van der Waals surface area contributed by atoms with Crippen LogP contribution in [0, 0.1) is 0 Å². The molecule has 3 rings (SSSR count). The summed E-state index contributed by atoms with van der Waals surface area (Å²) >= 11 is 5.97. The third-order valence-corrected chi connectivity index (χ3v) is 3.05. The second kappa shape index (κ2) is 4.93. The van der Waals surface area contributed by atoms with Gasteiger partial charge in [-0.2, -0.15) is 4.98 Å². The second-order valence-corrected chi connectivity index (χ2v) is 4.32. The van der Waals surface area contributed by atoms with Gasteiger partial charge in [-0.05, 0) is 6.07 Å². The number of methoxy groups -OCH3 is 2. The van der Waals surface area contributed by atoms with Crippen LogP contribution in [0.3, 0.4) is 0 Å². The van der Waals surface area contributed by atoms with Crippen molar-refractivity contribution < 1.29 is 9.47 Å². The molecular formula is C12H10ClN5O2. The van der Waals surface area contributed by atoms with Crippen LogP contribution in [0.2, 0.25) is 5.02 Å². The van der Waals surface area contributed by atoms with E-state index in [-0.39, 0.29) is 6.01 Å². The molecular weight excluding hydrogens is 282 g/mol. The van der Waals surface area contributed by atoms with E-state index in [2.05, 4.69) is 25.1 Å². The van der Waals surface area contributed by atoms with Crippen LogP contribution in [0.25, 0.3) is 22.3 Å². The molecule has 1 N–H and O–H groups in total. The Hall–Kier alpha value is -2.41. The number of H-pyrrole nitrogens is 1. The highest BCUT2D eigenvalue weighted by atomic mass is 35.5. The normalized spacial score (nSPS) is 10.8. The molecule has 3 aromatic heterocycles. The van der Waals surface area contributed by atoms with Crippen molar-refractivity contribution in [1.29, 1.82) is 0 Å². The summed E-state index contributed by atoms with van der Waals surface area (Å²) in [5.74, 6) is 0.364. The molecule has 0 bridgehead atoms. The Balaban J connectivity index is 2.14. The van der Waals surface area contributed by atoms with Gasteiger partial charge < -0.3 is 14.5 Å². The number of hydrogen-bond acceptors (Lipinski definition) is 6. The van der Waals surface area contributed by atoms with Gasteiger partial charge in [-0.15, -0.1) is 10.2 Å². The first-order chi connectivity index (χ1) is 9.72. The topological polar surface area (TPSA) is 85.8 Å². The van der Waals surface area contributed by atoms with Crippen LogP contribution >= 0.6 is 11.6 Å². The Morgan fingerprint density at radius 2 is 2.05 bits per heavy atom. The van der Waals surface area contributed by atoms with Gasteiger partial charge in [-0.25, -0.2) is 4.98 Å². The van der Waals surface area contributed by atoms with Crippen molar-refractivity contribution in [2.45, 2.75) is 0 Å². The summed E-state index contributed by atoms with van der Waals surface area (Å²) < 4.78 is 10.2. The van der Waals surface area contributed by atoms with E-state index >= 15 is 0 Å². The third-order valence-electron chi connectivity index (χ3n) is 2.76. The van der Waals surface area contributed by atoms with Crippen LogP contribution in [0.4, 0.5) is 0 Å². The highest BCUT2D eigenvalue weighted by molar-refractivity contribution is 6.35. The Morgan fingerprint density at radius 3 is 2.80 bits per heavy atom. The van der Waals surface area contributed by atoms with Crippen LogP contribution in [0.1, 0.15) is 0 Å². The van der Waals surface area contributed by atoms with Gasteiger partial charge in [-0.1, -0.05) is 11.6 Å². The standard InChI is InChI=1S/C12H10ClN5O2/c1-19-11-6(4-15-12(16-11)20-2)8-3-9-10(18-17-8)7(13)5-14-9/h3-5,14H,1-2H3. The summed E-state index contributed by atoms with van der Waals surface area (Å²) in [5.41, 5.74) is 2.59. The number of nitrogens with one attached hydrogen (secondary N) is 1. The van der Waals surface area contributed by atoms with Gasteiger partial charge in [0.05, 0.1) is 30.3 Å². The number of hydrogen-bond donors (Lipinski definition) is 1. The number of aromatic nitrogens is 5. The molecule has 20 heavy (non-hydrogen) atoms. The molecule has 0 spiro atoms.